The van der Waals surface area contributed by atoms with Crippen molar-refractivity contribution in [3.63, 3.8) is 0 Å². The second kappa shape index (κ2) is 8.74. The van der Waals surface area contributed by atoms with Gasteiger partial charge in [0.05, 0.1) is 6.54 Å². The predicted molar refractivity (Wildman–Crippen MR) is 59.6 cm³/mol. The molecule has 14 heavy (non-hydrogen) atoms. The molecule has 0 spiro atoms. The van der Waals surface area contributed by atoms with Crippen LogP contribution >= 0.6 is 24.8 Å². The second-order valence-electron chi connectivity index (χ2n) is 2.34. The molecule has 1 aromatic rings. The lowest BCUT2D eigenvalue weighted by atomic mass is 10.3. The number of halogens is 2. The minimum atomic E-state index is -0.146. The maximum Gasteiger partial charge on any atom is 0.234 e. The summed E-state index contributed by atoms with van der Waals surface area (Å²) < 4.78 is 0. The van der Waals surface area contributed by atoms with Crippen molar-refractivity contribution in [2.75, 3.05) is 6.54 Å². The fourth-order valence-electron chi connectivity index (χ4n) is 0.773. The lowest BCUT2D eigenvalue weighted by Gasteiger charge is -2.01. The van der Waals surface area contributed by atoms with Gasteiger partial charge in [0.25, 0.3) is 0 Å². The average Bonchev–Trinajstić information content (AvgIpc) is 2.16. The van der Waals surface area contributed by atoms with Gasteiger partial charge in [0.1, 0.15) is 0 Å². The molecule has 0 atom stereocenters. The first kappa shape index (κ1) is 15.6. The third-order valence-electron chi connectivity index (χ3n) is 1.42. The molecular weight excluding hydrogens is 225 g/mol. The maximum absolute atomic E-state index is 10.7. The first-order chi connectivity index (χ1) is 5.83. The summed E-state index contributed by atoms with van der Waals surface area (Å²) >= 11 is 0. The molecule has 0 aliphatic carbocycles. The molecule has 3 N–H and O–H groups in total. The third kappa shape index (κ3) is 5.75. The van der Waals surface area contributed by atoms with Crippen LogP contribution in [0.15, 0.2) is 24.5 Å². The zero-order chi connectivity index (χ0) is 8.81. The van der Waals surface area contributed by atoms with Gasteiger partial charge in [-0.1, -0.05) is 0 Å². The molecule has 1 rings (SSSR count). The number of hydrogen-bond acceptors (Lipinski definition) is 3. The van der Waals surface area contributed by atoms with Crippen LogP contribution in [0.4, 0.5) is 0 Å². The van der Waals surface area contributed by atoms with Gasteiger partial charge in [-0.15, -0.1) is 24.8 Å². The SMILES string of the molecule is Cl.Cl.NCC(=O)NCc1ccncc1. The van der Waals surface area contributed by atoms with Gasteiger partial charge >= 0.3 is 0 Å². The van der Waals surface area contributed by atoms with Crippen LogP contribution in [-0.2, 0) is 11.3 Å². The summed E-state index contributed by atoms with van der Waals surface area (Å²) in [5.74, 6) is -0.146. The van der Waals surface area contributed by atoms with Crippen molar-refractivity contribution in [3.05, 3.63) is 30.1 Å². The van der Waals surface area contributed by atoms with E-state index in [2.05, 4.69) is 10.3 Å². The molecule has 0 aliphatic heterocycles. The van der Waals surface area contributed by atoms with E-state index in [1.54, 1.807) is 12.4 Å². The van der Waals surface area contributed by atoms with E-state index >= 15 is 0 Å². The topological polar surface area (TPSA) is 68.0 Å². The predicted octanol–water partition coefficient (Wildman–Crippen LogP) is 0.500. The van der Waals surface area contributed by atoms with Crippen LogP contribution in [0.5, 0.6) is 0 Å². The van der Waals surface area contributed by atoms with Gasteiger partial charge < -0.3 is 11.1 Å². The minimum absolute atomic E-state index is 0. The van der Waals surface area contributed by atoms with Crippen LogP contribution in [0, 0.1) is 0 Å². The van der Waals surface area contributed by atoms with E-state index in [0.29, 0.717) is 6.54 Å². The van der Waals surface area contributed by atoms with E-state index in [0.717, 1.165) is 5.56 Å². The van der Waals surface area contributed by atoms with Gasteiger partial charge in [0, 0.05) is 18.9 Å². The molecule has 4 nitrogen and oxygen atoms in total. The number of amides is 1. The van der Waals surface area contributed by atoms with E-state index in [9.17, 15) is 4.79 Å². The molecule has 0 radical (unpaired) electrons. The summed E-state index contributed by atoms with van der Waals surface area (Å²) in [5.41, 5.74) is 6.13. The van der Waals surface area contributed by atoms with Gasteiger partial charge in [-0.25, -0.2) is 0 Å². The highest BCUT2D eigenvalue weighted by atomic mass is 35.5. The number of nitrogens with one attached hydrogen (secondary N) is 1. The number of aromatic nitrogens is 1. The van der Waals surface area contributed by atoms with Crippen molar-refractivity contribution in [2.45, 2.75) is 6.54 Å². The zero-order valence-electron chi connectivity index (χ0n) is 7.47. The minimum Gasteiger partial charge on any atom is -0.351 e. The molecule has 0 bridgehead atoms. The van der Waals surface area contributed by atoms with E-state index in [1.807, 2.05) is 12.1 Å². The Hall–Kier alpha value is -0.840. The monoisotopic (exact) mass is 237 g/mol. The first-order valence-electron chi connectivity index (χ1n) is 3.68. The Morgan fingerprint density at radius 1 is 1.36 bits per heavy atom. The zero-order valence-corrected chi connectivity index (χ0v) is 9.11. The molecule has 0 unspecified atom stereocenters. The third-order valence-corrected chi connectivity index (χ3v) is 1.42. The summed E-state index contributed by atoms with van der Waals surface area (Å²) in [5, 5.41) is 2.66. The van der Waals surface area contributed by atoms with E-state index in [1.165, 1.54) is 0 Å². The summed E-state index contributed by atoms with van der Waals surface area (Å²) in [6.07, 6.45) is 3.37. The standard InChI is InChI=1S/C8H11N3O.2ClH/c9-5-8(12)11-6-7-1-3-10-4-2-7;;/h1-4H,5-6,9H2,(H,11,12);2*1H. The average molecular weight is 238 g/mol. The summed E-state index contributed by atoms with van der Waals surface area (Å²) in [6.45, 7) is 0.545. The Balaban J connectivity index is 0. The van der Waals surface area contributed by atoms with Crippen molar-refractivity contribution in [1.82, 2.24) is 10.3 Å². The molecule has 1 amide bonds. The van der Waals surface area contributed by atoms with Gasteiger partial charge in [0.2, 0.25) is 5.91 Å². The second-order valence-corrected chi connectivity index (χ2v) is 2.34. The van der Waals surface area contributed by atoms with Crippen molar-refractivity contribution < 1.29 is 4.79 Å². The molecule has 6 heteroatoms. The van der Waals surface area contributed by atoms with Crippen molar-refractivity contribution in [1.29, 1.82) is 0 Å². The van der Waals surface area contributed by atoms with Crippen molar-refractivity contribution in [3.8, 4) is 0 Å². The number of pyridine rings is 1. The fraction of sp³-hybridized carbons (Fsp3) is 0.250. The fourth-order valence-corrected chi connectivity index (χ4v) is 0.773. The number of nitrogens with two attached hydrogens (primary N) is 1. The molecule has 0 fully saturated rings. The lowest BCUT2D eigenvalue weighted by Crippen LogP contribution is -2.29. The van der Waals surface area contributed by atoms with Gasteiger partial charge in [-0.05, 0) is 17.7 Å². The molecule has 0 saturated carbocycles. The maximum atomic E-state index is 10.7. The number of hydrogen-bond donors (Lipinski definition) is 2. The van der Waals surface area contributed by atoms with Crippen LogP contribution in [0.1, 0.15) is 5.56 Å². The van der Waals surface area contributed by atoms with E-state index < -0.39 is 0 Å². The summed E-state index contributed by atoms with van der Waals surface area (Å²) in [4.78, 5) is 14.6. The number of nitrogens with zero attached hydrogens (tertiary/aromatic N) is 1. The Labute approximate surface area is 95.1 Å². The molecular formula is C8H13Cl2N3O. The van der Waals surface area contributed by atoms with Crippen molar-refractivity contribution >= 4 is 30.7 Å². The molecule has 0 saturated heterocycles. The van der Waals surface area contributed by atoms with Crippen LogP contribution in [-0.4, -0.2) is 17.4 Å². The van der Waals surface area contributed by atoms with Crippen LogP contribution in [0.25, 0.3) is 0 Å². The Kier molecular flexibility index (Phi) is 9.76. The van der Waals surface area contributed by atoms with Crippen LogP contribution in [0.2, 0.25) is 0 Å². The Morgan fingerprint density at radius 3 is 2.43 bits per heavy atom. The molecule has 0 aliphatic rings. The highest BCUT2D eigenvalue weighted by Gasteiger charge is 1.95. The number of carbonyl (C=O) groups is 1. The van der Waals surface area contributed by atoms with E-state index in [4.69, 9.17) is 5.73 Å². The van der Waals surface area contributed by atoms with Crippen LogP contribution < -0.4 is 11.1 Å². The van der Waals surface area contributed by atoms with Crippen molar-refractivity contribution in [2.24, 2.45) is 5.73 Å². The molecule has 1 heterocycles. The lowest BCUT2D eigenvalue weighted by molar-refractivity contribution is -0.119. The highest BCUT2D eigenvalue weighted by Crippen LogP contribution is 1.93. The number of rotatable bonds is 3. The molecule has 0 aromatic carbocycles. The normalized spacial score (nSPS) is 8.07. The summed E-state index contributed by atoms with van der Waals surface area (Å²) in [7, 11) is 0. The highest BCUT2D eigenvalue weighted by molar-refractivity contribution is 5.85. The largest absolute Gasteiger partial charge is 0.351 e. The quantitative estimate of drug-likeness (QED) is 0.805. The van der Waals surface area contributed by atoms with Gasteiger partial charge in [-0.3, -0.25) is 9.78 Å². The smallest absolute Gasteiger partial charge is 0.234 e. The molecule has 80 valence electrons. The number of carbonyl (C=O) groups excluding carboxylic acids is 1. The van der Waals surface area contributed by atoms with E-state index in [-0.39, 0.29) is 37.3 Å². The summed E-state index contributed by atoms with van der Waals surface area (Å²) in [6, 6.07) is 3.69. The Morgan fingerprint density at radius 2 is 1.93 bits per heavy atom. The first-order valence-corrected chi connectivity index (χ1v) is 3.68. The van der Waals surface area contributed by atoms with Crippen LogP contribution in [0.3, 0.4) is 0 Å². The Bertz CT molecular complexity index is 256. The van der Waals surface area contributed by atoms with Gasteiger partial charge in [-0.2, -0.15) is 0 Å². The van der Waals surface area contributed by atoms with Gasteiger partial charge in [0.15, 0.2) is 0 Å². The molecule has 1 aromatic heterocycles.